The third kappa shape index (κ3) is 2.29. The second-order valence-corrected chi connectivity index (χ2v) is 4.29. The Labute approximate surface area is 106 Å². The average Bonchev–Trinajstić information content (AvgIpc) is 2.71. The van der Waals surface area contributed by atoms with Crippen LogP contribution in [-0.2, 0) is 18.4 Å². The van der Waals surface area contributed by atoms with E-state index in [-0.39, 0.29) is 12.2 Å². The Morgan fingerprint density at radius 3 is 2.94 bits per heavy atom. The third-order valence-corrected chi connectivity index (χ3v) is 3.09. The minimum Gasteiger partial charge on any atom is -0.378 e. The molecule has 0 atom stereocenters. The molecule has 0 saturated carbocycles. The molecule has 0 amide bonds. The predicted octanol–water partition coefficient (Wildman–Crippen LogP) is 1.08. The van der Waals surface area contributed by atoms with Gasteiger partial charge >= 0.3 is 0 Å². The van der Waals surface area contributed by atoms with Gasteiger partial charge in [0, 0.05) is 14.2 Å². The Hall–Kier alpha value is -1.47. The maximum atomic E-state index is 11.7. The lowest BCUT2D eigenvalue weighted by Crippen LogP contribution is -2.14. The van der Waals surface area contributed by atoms with Gasteiger partial charge in [-0.15, -0.1) is 0 Å². The Morgan fingerprint density at radius 1 is 1.59 bits per heavy atom. The van der Waals surface area contributed by atoms with E-state index < -0.39 is 0 Å². The first-order valence-corrected chi connectivity index (χ1v) is 5.67. The van der Waals surface area contributed by atoms with Crippen molar-refractivity contribution in [2.24, 2.45) is 7.05 Å². The van der Waals surface area contributed by atoms with Crippen LogP contribution >= 0.6 is 15.9 Å². The molecule has 90 valence electrons. The summed E-state index contributed by atoms with van der Waals surface area (Å²) in [5, 5.41) is 0. The molecule has 1 N–H and O–H groups in total. The van der Waals surface area contributed by atoms with Crippen LogP contribution < -0.4 is 5.56 Å². The minimum absolute atomic E-state index is 0.233. The zero-order valence-electron chi connectivity index (χ0n) is 9.40. The number of nitrogens with zero attached hydrogens (tertiary/aromatic N) is 3. The van der Waals surface area contributed by atoms with Crippen LogP contribution in [0.2, 0.25) is 0 Å². The fraction of sp³-hybridized carbons (Fsp3) is 0.300. The van der Waals surface area contributed by atoms with Crippen molar-refractivity contribution in [3.63, 3.8) is 0 Å². The number of imidazole rings is 1. The van der Waals surface area contributed by atoms with Gasteiger partial charge in [0.1, 0.15) is 10.2 Å². The maximum Gasteiger partial charge on any atom is 0.265 e. The molecule has 2 rings (SSSR count). The smallest absolute Gasteiger partial charge is 0.265 e. The van der Waals surface area contributed by atoms with E-state index in [0.29, 0.717) is 16.0 Å². The molecule has 0 unspecified atom stereocenters. The quantitative estimate of drug-likeness (QED) is 0.920. The number of rotatable bonds is 3. The van der Waals surface area contributed by atoms with E-state index in [0.717, 1.165) is 5.69 Å². The normalized spacial score (nSPS) is 10.8. The summed E-state index contributed by atoms with van der Waals surface area (Å²) in [5.74, 6) is 0.477. The zero-order chi connectivity index (χ0) is 12.4. The van der Waals surface area contributed by atoms with Crippen LogP contribution in [0.1, 0.15) is 5.69 Å². The number of hydrogen-bond donors (Lipinski definition) is 1. The van der Waals surface area contributed by atoms with Crippen LogP contribution in [0.25, 0.3) is 11.5 Å². The predicted molar refractivity (Wildman–Crippen MR) is 65.5 cm³/mol. The summed E-state index contributed by atoms with van der Waals surface area (Å²) in [6.07, 6.45) is 3.29. The fourth-order valence-corrected chi connectivity index (χ4v) is 1.75. The van der Waals surface area contributed by atoms with Crippen LogP contribution in [0.5, 0.6) is 0 Å². The number of H-pyrrole nitrogens is 1. The van der Waals surface area contributed by atoms with Crippen LogP contribution in [0.3, 0.4) is 0 Å². The highest BCUT2D eigenvalue weighted by molar-refractivity contribution is 9.10. The van der Waals surface area contributed by atoms with Crippen LogP contribution in [-0.4, -0.2) is 26.6 Å². The van der Waals surface area contributed by atoms with Crippen LogP contribution in [0, 0.1) is 0 Å². The molecule has 0 aromatic carbocycles. The standard InChI is InChI=1S/C10H11BrN4O2/c1-15-5-12-3-7(15)9-13-6(4-17-2)8(11)10(16)14-9/h3,5H,4H2,1-2H3,(H,13,14,16). The van der Waals surface area contributed by atoms with Crippen molar-refractivity contribution in [2.75, 3.05) is 7.11 Å². The molecular weight excluding hydrogens is 288 g/mol. The summed E-state index contributed by atoms with van der Waals surface area (Å²) >= 11 is 3.19. The third-order valence-electron chi connectivity index (χ3n) is 2.27. The van der Waals surface area contributed by atoms with E-state index in [4.69, 9.17) is 4.74 Å². The SMILES string of the molecule is COCc1nc(-c2cncn2C)[nH]c(=O)c1Br. The number of aromatic nitrogens is 4. The molecule has 0 saturated heterocycles. The average molecular weight is 299 g/mol. The molecule has 0 aliphatic carbocycles. The molecule has 7 heteroatoms. The zero-order valence-corrected chi connectivity index (χ0v) is 11.0. The largest absolute Gasteiger partial charge is 0.378 e. The van der Waals surface area contributed by atoms with Crippen molar-refractivity contribution < 1.29 is 4.74 Å². The molecule has 0 spiro atoms. The first-order chi connectivity index (χ1) is 8.13. The molecule has 0 radical (unpaired) electrons. The summed E-state index contributed by atoms with van der Waals surface area (Å²) in [4.78, 5) is 22.7. The summed E-state index contributed by atoms with van der Waals surface area (Å²) in [6, 6.07) is 0. The second-order valence-electron chi connectivity index (χ2n) is 3.50. The molecule has 0 bridgehead atoms. The highest BCUT2D eigenvalue weighted by atomic mass is 79.9. The molecule has 2 aromatic rings. The Kier molecular flexibility index (Phi) is 3.39. The maximum absolute atomic E-state index is 11.7. The van der Waals surface area contributed by atoms with E-state index in [1.807, 2.05) is 7.05 Å². The molecule has 0 fully saturated rings. The number of halogens is 1. The first-order valence-electron chi connectivity index (χ1n) is 4.87. The lowest BCUT2D eigenvalue weighted by atomic mass is 10.3. The van der Waals surface area contributed by atoms with Gasteiger partial charge in [0.15, 0.2) is 5.82 Å². The summed E-state index contributed by atoms with van der Waals surface area (Å²) in [5.41, 5.74) is 1.07. The Balaban J connectivity index is 2.57. The van der Waals surface area contributed by atoms with E-state index in [1.165, 1.54) is 0 Å². The monoisotopic (exact) mass is 298 g/mol. The van der Waals surface area contributed by atoms with Gasteiger partial charge in [0.2, 0.25) is 0 Å². The number of ether oxygens (including phenoxy) is 1. The number of hydrogen-bond acceptors (Lipinski definition) is 4. The fourth-order valence-electron chi connectivity index (χ4n) is 1.44. The molecule has 17 heavy (non-hydrogen) atoms. The number of nitrogens with one attached hydrogen (secondary N) is 1. The van der Waals surface area contributed by atoms with E-state index in [2.05, 4.69) is 30.9 Å². The van der Waals surface area contributed by atoms with Crippen molar-refractivity contribution in [1.82, 2.24) is 19.5 Å². The topological polar surface area (TPSA) is 72.8 Å². The summed E-state index contributed by atoms with van der Waals surface area (Å²) in [7, 11) is 3.39. The van der Waals surface area contributed by atoms with Gasteiger partial charge in [0.25, 0.3) is 5.56 Å². The molecule has 6 nitrogen and oxygen atoms in total. The Bertz CT molecular complexity index is 590. The van der Waals surface area contributed by atoms with Crippen molar-refractivity contribution in [3.8, 4) is 11.5 Å². The second kappa shape index (κ2) is 4.80. The van der Waals surface area contributed by atoms with E-state index in [1.54, 1.807) is 24.2 Å². The molecule has 0 aliphatic heterocycles. The molecule has 2 aromatic heterocycles. The van der Waals surface area contributed by atoms with Crippen molar-refractivity contribution in [2.45, 2.75) is 6.61 Å². The van der Waals surface area contributed by atoms with Crippen molar-refractivity contribution in [1.29, 1.82) is 0 Å². The van der Waals surface area contributed by atoms with Gasteiger partial charge in [-0.1, -0.05) is 0 Å². The summed E-state index contributed by atoms with van der Waals surface area (Å²) < 4.78 is 7.17. The highest BCUT2D eigenvalue weighted by Crippen LogP contribution is 2.16. The number of methoxy groups -OCH3 is 1. The van der Waals surface area contributed by atoms with Crippen LogP contribution in [0.15, 0.2) is 21.8 Å². The highest BCUT2D eigenvalue weighted by Gasteiger charge is 2.12. The van der Waals surface area contributed by atoms with Gasteiger partial charge in [0.05, 0.1) is 24.8 Å². The number of aryl methyl sites for hydroxylation is 1. The van der Waals surface area contributed by atoms with Gasteiger partial charge in [-0.25, -0.2) is 9.97 Å². The molecule has 0 aliphatic rings. The van der Waals surface area contributed by atoms with Gasteiger partial charge in [-0.2, -0.15) is 0 Å². The van der Waals surface area contributed by atoms with E-state index >= 15 is 0 Å². The molecule has 2 heterocycles. The Morgan fingerprint density at radius 2 is 2.35 bits per heavy atom. The van der Waals surface area contributed by atoms with E-state index in [9.17, 15) is 4.79 Å². The van der Waals surface area contributed by atoms with Crippen LogP contribution in [0.4, 0.5) is 0 Å². The lowest BCUT2D eigenvalue weighted by Gasteiger charge is -2.06. The lowest BCUT2D eigenvalue weighted by molar-refractivity contribution is 0.180. The van der Waals surface area contributed by atoms with Crippen molar-refractivity contribution >= 4 is 15.9 Å². The van der Waals surface area contributed by atoms with Gasteiger partial charge in [-0.05, 0) is 15.9 Å². The number of aromatic amines is 1. The van der Waals surface area contributed by atoms with Gasteiger partial charge in [-0.3, -0.25) is 4.79 Å². The van der Waals surface area contributed by atoms with Crippen molar-refractivity contribution in [3.05, 3.63) is 33.0 Å². The molecular formula is C10H11BrN4O2. The summed E-state index contributed by atoms with van der Waals surface area (Å²) in [6.45, 7) is 0.273. The minimum atomic E-state index is -0.233. The van der Waals surface area contributed by atoms with Gasteiger partial charge < -0.3 is 14.3 Å². The first kappa shape index (κ1) is 12.0.